The lowest BCUT2D eigenvalue weighted by molar-refractivity contribution is 0.0950. The summed E-state index contributed by atoms with van der Waals surface area (Å²) in [5.74, 6) is -0.699. The first-order valence-electron chi connectivity index (χ1n) is 11.8. The summed E-state index contributed by atoms with van der Waals surface area (Å²) in [5, 5.41) is 4.49. The lowest BCUT2D eigenvalue weighted by atomic mass is 10.0. The number of benzene rings is 3. The van der Waals surface area contributed by atoms with Gasteiger partial charge in [0, 0.05) is 47.2 Å². The highest BCUT2D eigenvalue weighted by molar-refractivity contribution is 6.31. The predicted molar refractivity (Wildman–Crippen MR) is 143 cm³/mol. The molecule has 0 aliphatic rings. The van der Waals surface area contributed by atoms with Crippen LogP contribution in [-0.2, 0) is 19.5 Å². The quantitative estimate of drug-likeness (QED) is 0.302. The maximum Gasteiger partial charge on any atom is 0.253 e. The summed E-state index contributed by atoms with van der Waals surface area (Å²) < 4.78 is 16.6. The summed E-state index contributed by atoms with van der Waals surface area (Å²) in [5.41, 5.74) is 3.72. The average molecular weight is 512 g/mol. The number of hydrogen-bond donors (Lipinski definition) is 1. The third kappa shape index (κ3) is 5.76. The van der Waals surface area contributed by atoms with Crippen molar-refractivity contribution in [1.82, 2.24) is 14.9 Å². The fourth-order valence-corrected chi connectivity index (χ4v) is 4.40. The highest BCUT2D eigenvalue weighted by atomic mass is 35.5. The number of carbonyl (C=O) groups is 1. The zero-order chi connectivity index (χ0) is 25.8. The molecule has 2 aromatic heterocycles. The van der Waals surface area contributed by atoms with Gasteiger partial charge in [0.05, 0.1) is 12.1 Å². The Balaban J connectivity index is 1.23. The van der Waals surface area contributed by atoms with Crippen molar-refractivity contribution in [2.75, 3.05) is 0 Å². The Morgan fingerprint density at radius 2 is 1.73 bits per heavy atom. The van der Waals surface area contributed by atoms with Crippen LogP contribution in [-0.4, -0.2) is 15.5 Å². The molecule has 0 spiro atoms. The van der Waals surface area contributed by atoms with Gasteiger partial charge < -0.3 is 9.88 Å². The minimum absolute atomic E-state index is 0.0407. The van der Waals surface area contributed by atoms with E-state index in [0.29, 0.717) is 39.9 Å². The van der Waals surface area contributed by atoms with E-state index in [0.717, 1.165) is 16.7 Å². The fourth-order valence-electron chi connectivity index (χ4n) is 4.22. The number of fused-ring (bicyclic) bond motifs is 1. The van der Waals surface area contributed by atoms with Crippen molar-refractivity contribution < 1.29 is 9.18 Å². The fraction of sp³-hybridized carbons (Fsp3) is 0.100. The van der Waals surface area contributed by atoms with Crippen LogP contribution < -0.4 is 10.9 Å². The van der Waals surface area contributed by atoms with Crippen molar-refractivity contribution in [3.63, 3.8) is 0 Å². The minimum atomic E-state index is -0.373. The number of halogens is 2. The van der Waals surface area contributed by atoms with E-state index in [1.54, 1.807) is 65.5 Å². The molecule has 37 heavy (non-hydrogen) atoms. The molecule has 7 heteroatoms. The number of nitrogens with zero attached hydrogens (tertiary/aromatic N) is 2. The van der Waals surface area contributed by atoms with Crippen LogP contribution in [0.25, 0.3) is 10.8 Å². The van der Waals surface area contributed by atoms with Crippen molar-refractivity contribution >= 4 is 28.3 Å². The molecule has 0 aliphatic carbocycles. The monoisotopic (exact) mass is 511 g/mol. The van der Waals surface area contributed by atoms with E-state index < -0.39 is 0 Å². The van der Waals surface area contributed by atoms with Gasteiger partial charge in [-0.1, -0.05) is 54.1 Å². The number of amides is 1. The lowest BCUT2D eigenvalue weighted by Gasteiger charge is -2.10. The summed E-state index contributed by atoms with van der Waals surface area (Å²) in [6, 6.07) is 23.3. The summed E-state index contributed by atoms with van der Waals surface area (Å²) in [6.45, 7) is 0.558. The topological polar surface area (TPSA) is 64.0 Å². The minimum Gasteiger partial charge on any atom is -0.348 e. The third-order valence-corrected chi connectivity index (χ3v) is 6.41. The van der Waals surface area contributed by atoms with Crippen LogP contribution in [0.1, 0.15) is 32.6 Å². The Morgan fingerprint density at radius 3 is 2.54 bits per heavy atom. The maximum absolute atomic E-state index is 14.9. The van der Waals surface area contributed by atoms with E-state index >= 15 is 0 Å². The summed E-state index contributed by atoms with van der Waals surface area (Å²) >= 11 is 5.99. The van der Waals surface area contributed by atoms with Crippen molar-refractivity contribution in [1.29, 1.82) is 0 Å². The molecule has 0 bridgehead atoms. The van der Waals surface area contributed by atoms with Crippen molar-refractivity contribution in [2.45, 2.75) is 19.5 Å². The lowest BCUT2D eigenvalue weighted by Crippen LogP contribution is -2.23. The molecule has 184 valence electrons. The molecule has 0 fully saturated rings. The van der Waals surface area contributed by atoms with E-state index in [4.69, 9.17) is 11.6 Å². The molecule has 0 radical (unpaired) electrons. The van der Waals surface area contributed by atoms with Crippen molar-refractivity contribution in [3.8, 4) is 0 Å². The average Bonchev–Trinajstić information content (AvgIpc) is 2.90. The summed E-state index contributed by atoms with van der Waals surface area (Å²) in [7, 11) is 0. The number of hydrogen-bond acceptors (Lipinski definition) is 3. The molecule has 5 nitrogen and oxygen atoms in total. The van der Waals surface area contributed by atoms with Crippen molar-refractivity contribution in [2.24, 2.45) is 0 Å². The number of pyridine rings is 2. The first-order valence-corrected chi connectivity index (χ1v) is 12.2. The second-order valence-electron chi connectivity index (χ2n) is 8.83. The molecule has 1 N–H and O–H groups in total. The van der Waals surface area contributed by atoms with Gasteiger partial charge in [-0.3, -0.25) is 14.6 Å². The molecule has 0 saturated carbocycles. The van der Waals surface area contributed by atoms with Gasteiger partial charge in [0.25, 0.3) is 11.5 Å². The van der Waals surface area contributed by atoms with Gasteiger partial charge in [-0.25, -0.2) is 4.39 Å². The van der Waals surface area contributed by atoms with E-state index in [1.807, 2.05) is 30.3 Å². The first kappa shape index (κ1) is 24.4. The van der Waals surface area contributed by atoms with Crippen LogP contribution in [0.5, 0.6) is 0 Å². The predicted octanol–water partition coefficient (Wildman–Crippen LogP) is 5.76. The van der Waals surface area contributed by atoms with E-state index in [9.17, 15) is 14.0 Å². The van der Waals surface area contributed by atoms with Crippen LogP contribution in [0.2, 0.25) is 5.02 Å². The molecule has 0 aliphatic heterocycles. The van der Waals surface area contributed by atoms with Gasteiger partial charge in [-0.05, 0) is 58.8 Å². The highest BCUT2D eigenvalue weighted by Gasteiger charge is 2.12. The standard InChI is InChI=1S/C30H23ClFN3O2/c31-26-10-11-27-23(15-26)8-9-24(29(27)32)18-34-30(37)25-14-22(16-33-17-25)13-20-4-6-21(7-5-20)19-35-12-2-1-3-28(35)36/h1-12,14-17H,13,18-19H2,(H,34,37). The maximum atomic E-state index is 14.9. The van der Waals surface area contributed by atoms with Gasteiger partial charge >= 0.3 is 0 Å². The first-order chi connectivity index (χ1) is 18.0. The van der Waals surface area contributed by atoms with Gasteiger partial charge in [0.2, 0.25) is 0 Å². The van der Waals surface area contributed by atoms with E-state index in [-0.39, 0.29) is 23.8 Å². The van der Waals surface area contributed by atoms with Crippen LogP contribution in [0, 0.1) is 5.82 Å². The van der Waals surface area contributed by atoms with Gasteiger partial charge in [-0.15, -0.1) is 0 Å². The molecule has 1 amide bonds. The SMILES string of the molecule is O=C(NCc1ccc2cc(Cl)ccc2c1F)c1cncc(Cc2ccc(Cn3ccccc3=O)cc2)c1. The Kier molecular flexibility index (Phi) is 7.10. The number of nitrogens with one attached hydrogen (secondary N) is 1. The summed E-state index contributed by atoms with van der Waals surface area (Å²) in [6.07, 6.45) is 5.59. The molecule has 2 heterocycles. The molecule has 0 atom stereocenters. The third-order valence-electron chi connectivity index (χ3n) is 6.18. The second-order valence-corrected chi connectivity index (χ2v) is 9.27. The number of carbonyl (C=O) groups excluding carboxylic acids is 1. The van der Waals surface area contributed by atoms with Crippen LogP contribution in [0.4, 0.5) is 4.39 Å². The second kappa shape index (κ2) is 10.8. The normalized spacial score (nSPS) is 11.0. The number of rotatable bonds is 7. The molecule has 0 saturated heterocycles. The molecule has 0 unspecified atom stereocenters. The Bertz CT molecular complexity index is 1650. The zero-order valence-corrected chi connectivity index (χ0v) is 20.6. The van der Waals surface area contributed by atoms with E-state index in [2.05, 4.69) is 10.3 Å². The molecule has 5 aromatic rings. The highest BCUT2D eigenvalue weighted by Crippen LogP contribution is 2.24. The molecular weight excluding hydrogens is 489 g/mol. The molecule has 5 rings (SSSR count). The largest absolute Gasteiger partial charge is 0.348 e. The van der Waals surface area contributed by atoms with Crippen LogP contribution in [0.15, 0.2) is 102 Å². The van der Waals surface area contributed by atoms with Gasteiger partial charge in [-0.2, -0.15) is 0 Å². The van der Waals surface area contributed by atoms with Crippen LogP contribution >= 0.6 is 11.6 Å². The van der Waals surface area contributed by atoms with Gasteiger partial charge in [0.15, 0.2) is 0 Å². The Morgan fingerprint density at radius 1 is 0.919 bits per heavy atom. The smallest absolute Gasteiger partial charge is 0.253 e. The Hall–Kier alpha value is -4.29. The molecule has 3 aromatic carbocycles. The van der Waals surface area contributed by atoms with Crippen LogP contribution in [0.3, 0.4) is 0 Å². The number of aromatic nitrogens is 2. The Labute approximate surface area is 218 Å². The van der Waals surface area contributed by atoms with Crippen molar-refractivity contribution in [3.05, 3.63) is 146 Å². The molecular formula is C30H23ClFN3O2. The zero-order valence-electron chi connectivity index (χ0n) is 19.8. The summed E-state index contributed by atoms with van der Waals surface area (Å²) in [4.78, 5) is 28.9. The van der Waals surface area contributed by atoms with E-state index in [1.165, 1.54) is 6.20 Å². The van der Waals surface area contributed by atoms with Gasteiger partial charge in [0.1, 0.15) is 5.82 Å².